The summed E-state index contributed by atoms with van der Waals surface area (Å²) in [6, 6.07) is 29.7. The van der Waals surface area contributed by atoms with E-state index in [0.717, 1.165) is 4.48 Å². The van der Waals surface area contributed by atoms with Crippen LogP contribution >= 0.6 is 27.7 Å². The van der Waals surface area contributed by atoms with E-state index >= 15 is 0 Å². The molecule has 23 heavy (non-hydrogen) atoms. The Hall–Kier alpha value is -1.77. The van der Waals surface area contributed by atoms with E-state index in [2.05, 4.69) is 95.0 Å². The lowest BCUT2D eigenvalue weighted by Gasteiger charge is -2.13. The van der Waals surface area contributed by atoms with Crippen molar-refractivity contribution in [1.29, 1.82) is 0 Å². The van der Waals surface area contributed by atoms with E-state index in [9.17, 15) is 0 Å². The molecule has 0 heterocycles. The Labute approximate surface area is 150 Å². The van der Waals surface area contributed by atoms with Gasteiger partial charge in [-0.1, -0.05) is 72.8 Å². The minimum Gasteiger partial charge on any atom is -0.130 e. The molecule has 0 fully saturated rings. The van der Waals surface area contributed by atoms with Gasteiger partial charge in [-0.3, -0.25) is 0 Å². The molecule has 0 N–H and O–H groups in total. The van der Waals surface area contributed by atoms with Crippen molar-refractivity contribution in [2.45, 2.75) is 4.90 Å². The number of benzene rings is 3. The van der Waals surface area contributed by atoms with Crippen LogP contribution in [0.1, 0.15) is 16.7 Å². The molecule has 0 saturated heterocycles. The average molecular weight is 381 g/mol. The summed E-state index contributed by atoms with van der Waals surface area (Å²) in [5, 5.41) is 0. The number of hydrogen-bond acceptors (Lipinski definition) is 1. The molecule has 0 bridgehead atoms. The highest BCUT2D eigenvalue weighted by Crippen LogP contribution is 2.36. The molecule has 0 spiro atoms. The highest BCUT2D eigenvalue weighted by atomic mass is 79.9. The fourth-order valence-electron chi connectivity index (χ4n) is 2.51. The molecule has 3 rings (SSSR count). The summed E-state index contributed by atoms with van der Waals surface area (Å²) in [6.07, 6.45) is 2.10. The van der Waals surface area contributed by atoms with Crippen LogP contribution < -0.4 is 0 Å². The zero-order valence-corrected chi connectivity index (χ0v) is 15.3. The van der Waals surface area contributed by atoms with Crippen molar-refractivity contribution in [3.63, 3.8) is 0 Å². The van der Waals surface area contributed by atoms with Crippen molar-refractivity contribution in [2.75, 3.05) is 6.26 Å². The molecule has 0 saturated carbocycles. The van der Waals surface area contributed by atoms with E-state index in [-0.39, 0.29) is 0 Å². The summed E-state index contributed by atoms with van der Waals surface area (Å²) in [6.45, 7) is 0. The van der Waals surface area contributed by atoms with Gasteiger partial charge in [-0.25, -0.2) is 0 Å². The maximum atomic E-state index is 3.85. The van der Waals surface area contributed by atoms with Gasteiger partial charge < -0.3 is 0 Å². The maximum absolute atomic E-state index is 3.85. The first-order valence-corrected chi connectivity index (χ1v) is 9.46. The van der Waals surface area contributed by atoms with Gasteiger partial charge >= 0.3 is 0 Å². The Bertz CT molecular complexity index is 749. The van der Waals surface area contributed by atoms with Crippen LogP contribution in [0.15, 0.2) is 89.8 Å². The summed E-state index contributed by atoms with van der Waals surface area (Å²) in [5.41, 5.74) is 4.81. The molecule has 0 radical (unpaired) electrons. The molecular weight excluding hydrogens is 364 g/mol. The van der Waals surface area contributed by atoms with Crippen LogP contribution in [0.5, 0.6) is 0 Å². The van der Waals surface area contributed by atoms with E-state index in [1.165, 1.54) is 27.2 Å². The van der Waals surface area contributed by atoms with Crippen molar-refractivity contribution in [2.24, 2.45) is 0 Å². The lowest BCUT2D eigenvalue weighted by atomic mass is 9.96. The highest BCUT2D eigenvalue weighted by Gasteiger charge is 2.11. The van der Waals surface area contributed by atoms with Crippen LogP contribution in [0, 0.1) is 0 Å². The predicted molar refractivity (Wildman–Crippen MR) is 106 cm³/mol. The third kappa shape index (κ3) is 3.77. The zero-order chi connectivity index (χ0) is 16.1. The lowest BCUT2D eigenvalue weighted by molar-refractivity contribution is 1.45. The Kier molecular flexibility index (Phi) is 5.37. The molecule has 3 aromatic carbocycles. The molecule has 114 valence electrons. The number of halogens is 1. The molecule has 0 atom stereocenters. The molecule has 0 aliphatic heterocycles. The van der Waals surface area contributed by atoms with Gasteiger partial charge in [0.1, 0.15) is 0 Å². The van der Waals surface area contributed by atoms with Crippen molar-refractivity contribution < 1.29 is 0 Å². The van der Waals surface area contributed by atoms with Crippen molar-refractivity contribution in [1.82, 2.24) is 0 Å². The predicted octanol–water partition coefficient (Wildman–Crippen LogP) is 6.72. The van der Waals surface area contributed by atoms with Gasteiger partial charge in [0.05, 0.1) is 0 Å². The van der Waals surface area contributed by atoms with Crippen LogP contribution in [-0.2, 0) is 0 Å². The van der Waals surface area contributed by atoms with Crippen LogP contribution in [-0.4, -0.2) is 6.26 Å². The minimum absolute atomic E-state index is 1.11. The second-order valence-electron chi connectivity index (χ2n) is 5.15. The molecule has 2 heteroatoms. The lowest BCUT2D eigenvalue weighted by Crippen LogP contribution is -1.91. The van der Waals surface area contributed by atoms with Crippen LogP contribution in [0.3, 0.4) is 0 Å². The van der Waals surface area contributed by atoms with Gasteiger partial charge in [0, 0.05) is 15.0 Å². The maximum Gasteiger partial charge on any atom is 0.0332 e. The fourth-order valence-corrected chi connectivity index (χ4v) is 3.64. The van der Waals surface area contributed by atoms with Gasteiger partial charge in [-0.05, 0) is 51.0 Å². The first-order valence-electron chi connectivity index (χ1n) is 7.44. The first kappa shape index (κ1) is 16.1. The Morgan fingerprint density at radius 3 is 1.57 bits per heavy atom. The molecule has 0 nitrogen and oxygen atoms in total. The van der Waals surface area contributed by atoms with E-state index < -0.39 is 0 Å². The SMILES string of the molecule is CSc1ccc(C(Br)=C(c2ccccc2)c2ccccc2)cc1. The summed E-state index contributed by atoms with van der Waals surface area (Å²) >= 11 is 5.60. The van der Waals surface area contributed by atoms with Crippen molar-refractivity contribution in [3.05, 3.63) is 102 Å². The summed E-state index contributed by atoms with van der Waals surface area (Å²) in [5.74, 6) is 0. The van der Waals surface area contributed by atoms with E-state index in [1.54, 1.807) is 11.8 Å². The second-order valence-corrected chi connectivity index (χ2v) is 6.82. The largest absolute Gasteiger partial charge is 0.130 e. The van der Waals surface area contributed by atoms with E-state index in [0.29, 0.717) is 0 Å². The van der Waals surface area contributed by atoms with Crippen LogP contribution in [0.25, 0.3) is 10.1 Å². The minimum atomic E-state index is 1.11. The molecule has 0 amide bonds. The number of hydrogen-bond donors (Lipinski definition) is 0. The second kappa shape index (κ2) is 7.67. The molecule has 0 unspecified atom stereocenters. The van der Waals surface area contributed by atoms with Crippen molar-refractivity contribution in [3.8, 4) is 0 Å². The topological polar surface area (TPSA) is 0 Å². The Morgan fingerprint density at radius 2 is 1.13 bits per heavy atom. The average Bonchev–Trinajstić information content (AvgIpc) is 2.64. The molecule has 3 aromatic rings. The van der Waals surface area contributed by atoms with Crippen LogP contribution in [0.2, 0.25) is 0 Å². The molecule has 0 aliphatic rings. The Balaban J connectivity index is 2.16. The van der Waals surface area contributed by atoms with Gasteiger partial charge in [-0.2, -0.15) is 0 Å². The standard InChI is InChI=1S/C21H17BrS/c1-23-19-14-12-18(13-15-19)21(22)20(16-8-4-2-5-9-16)17-10-6-3-7-11-17/h2-15H,1H3. The first-order chi connectivity index (χ1) is 11.3. The van der Waals surface area contributed by atoms with Crippen molar-refractivity contribution >= 4 is 37.7 Å². The Morgan fingerprint density at radius 1 is 0.652 bits per heavy atom. The third-order valence-electron chi connectivity index (χ3n) is 3.69. The normalized spacial score (nSPS) is 10.3. The third-order valence-corrected chi connectivity index (χ3v) is 5.29. The molecular formula is C21H17BrS. The molecule has 0 aliphatic carbocycles. The van der Waals surface area contributed by atoms with Gasteiger partial charge in [-0.15, -0.1) is 11.8 Å². The van der Waals surface area contributed by atoms with E-state index in [4.69, 9.17) is 0 Å². The number of thioether (sulfide) groups is 1. The highest BCUT2D eigenvalue weighted by molar-refractivity contribution is 9.15. The summed E-state index contributed by atoms with van der Waals surface area (Å²) in [7, 11) is 0. The quantitative estimate of drug-likeness (QED) is 0.357. The molecule has 0 aromatic heterocycles. The fraction of sp³-hybridized carbons (Fsp3) is 0.0476. The van der Waals surface area contributed by atoms with Gasteiger partial charge in [0.15, 0.2) is 0 Å². The van der Waals surface area contributed by atoms with Gasteiger partial charge in [0.25, 0.3) is 0 Å². The summed E-state index contributed by atoms with van der Waals surface area (Å²) in [4.78, 5) is 1.27. The smallest absolute Gasteiger partial charge is 0.0332 e. The van der Waals surface area contributed by atoms with Crippen LogP contribution in [0.4, 0.5) is 0 Å². The number of rotatable bonds is 4. The van der Waals surface area contributed by atoms with E-state index in [1.807, 2.05) is 12.1 Å². The van der Waals surface area contributed by atoms with Gasteiger partial charge in [0.2, 0.25) is 0 Å². The monoisotopic (exact) mass is 380 g/mol. The summed E-state index contributed by atoms with van der Waals surface area (Å²) < 4.78 is 1.11. The zero-order valence-electron chi connectivity index (χ0n) is 12.9.